The summed E-state index contributed by atoms with van der Waals surface area (Å²) in [5.74, 6) is 0.692. The number of carbonyl (C=O) groups is 1. The molecule has 0 aliphatic carbocycles. The summed E-state index contributed by atoms with van der Waals surface area (Å²) in [7, 11) is -3.55. The summed E-state index contributed by atoms with van der Waals surface area (Å²) in [5.41, 5.74) is 4.12. The summed E-state index contributed by atoms with van der Waals surface area (Å²) in [6, 6.07) is 23.0. The van der Waals surface area contributed by atoms with Gasteiger partial charge in [0.15, 0.2) is 6.10 Å². The van der Waals surface area contributed by atoms with Crippen LogP contribution >= 0.6 is 0 Å². The molecule has 3 aromatic carbocycles. The molecule has 0 aromatic heterocycles. The third kappa shape index (κ3) is 9.55. The van der Waals surface area contributed by atoms with E-state index in [9.17, 15) is 13.2 Å². The van der Waals surface area contributed by atoms with Crippen molar-refractivity contribution in [2.45, 2.75) is 39.2 Å². The van der Waals surface area contributed by atoms with E-state index in [1.165, 1.54) is 0 Å². The number of esters is 1. The zero-order chi connectivity index (χ0) is 26.7. The van der Waals surface area contributed by atoms with Gasteiger partial charge in [0.05, 0.1) is 19.5 Å². The minimum atomic E-state index is -3.55. The van der Waals surface area contributed by atoms with Crippen LogP contribution in [0.15, 0.2) is 72.8 Å². The number of hydrogen-bond donors (Lipinski definition) is 0. The largest absolute Gasteiger partial charge is 0.493 e. The Morgan fingerprint density at radius 1 is 0.865 bits per heavy atom. The van der Waals surface area contributed by atoms with Crippen molar-refractivity contribution >= 4 is 16.1 Å². The van der Waals surface area contributed by atoms with E-state index in [1.54, 1.807) is 19.1 Å². The van der Waals surface area contributed by atoms with Crippen molar-refractivity contribution in [2.24, 2.45) is 0 Å². The molecule has 0 saturated carbocycles. The van der Waals surface area contributed by atoms with E-state index in [-0.39, 0.29) is 11.7 Å². The number of rotatable bonds is 14. The van der Waals surface area contributed by atoms with Crippen LogP contribution in [0.3, 0.4) is 0 Å². The van der Waals surface area contributed by atoms with Crippen LogP contribution in [0.25, 0.3) is 0 Å². The van der Waals surface area contributed by atoms with E-state index >= 15 is 0 Å². The Kier molecular flexibility index (Phi) is 10.5. The second-order valence-electron chi connectivity index (χ2n) is 8.53. The zero-order valence-electron chi connectivity index (χ0n) is 21.5. The van der Waals surface area contributed by atoms with Crippen LogP contribution in [-0.4, -0.2) is 46.6 Å². The first kappa shape index (κ1) is 28.2. The van der Waals surface area contributed by atoms with Crippen LogP contribution in [0.4, 0.5) is 0 Å². The van der Waals surface area contributed by atoms with Crippen molar-refractivity contribution in [3.63, 3.8) is 0 Å². The minimum absolute atomic E-state index is 0.279. The molecular weight excluding hydrogens is 492 g/mol. The maximum Gasteiger partial charge on any atom is 0.335 e. The molecule has 0 radical (unpaired) electrons. The minimum Gasteiger partial charge on any atom is -0.493 e. The van der Waals surface area contributed by atoms with Crippen LogP contribution in [0, 0.1) is 0 Å². The van der Waals surface area contributed by atoms with Crippen LogP contribution in [0.2, 0.25) is 0 Å². The normalized spacial score (nSPS) is 12.1. The molecule has 0 bridgehead atoms. The van der Waals surface area contributed by atoms with E-state index in [2.05, 4.69) is 18.2 Å². The van der Waals surface area contributed by atoms with E-state index in [0.717, 1.165) is 34.3 Å². The molecule has 0 heterocycles. The molecule has 3 aromatic rings. The highest BCUT2D eigenvalue weighted by Gasteiger charge is 2.21. The quantitative estimate of drug-likeness (QED) is 0.221. The number of benzene rings is 3. The van der Waals surface area contributed by atoms with Gasteiger partial charge in [0.2, 0.25) is 0 Å². The molecule has 8 heteroatoms. The van der Waals surface area contributed by atoms with Crippen molar-refractivity contribution in [1.82, 2.24) is 0 Å². The van der Waals surface area contributed by atoms with E-state index < -0.39 is 16.2 Å². The second-order valence-corrected chi connectivity index (χ2v) is 10.1. The van der Waals surface area contributed by atoms with Gasteiger partial charge in [-0.1, -0.05) is 54.6 Å². The number of hydrogen-bond acceptors (Lipinski definition) is 7. The summed E-state index contributed by atoms with van der Waals surface area (Å²) in [6.45, 7) is 4.81. The van der Waals surface area contributed by atoms with Gasteiger partial charge in [-0.15, -0.1) is 0 Å². The predicted molar refractivity (Wildman–Crippen MR) is 143 cm³/mol. The number of ether oxygens (including phenoxy) is 3. The topological polar surface area (TPSA) is 88.1 Å². The Bertz CT molecular complexity index is 1240. The Balaban J connectivity index is 1.72. The van der Waals surface area contributed by atoms with Crippen molar-refractivity contribution in [3.05, 3.63) is 95.1 Å². The van der Waals surface area contributed by atoms with Crippen molar-refractivity contribution < 1.29 is 31.6 Å². The van der Waals surface area contributed by atoms with Gasteiger partial charge in [-0.2, -0.15) is 8.42 Å². The molecule has 0 aliphatic rings. The van der Waals surface area contributed by atoms with Gasteiger partial charge < -0.3 is 18.4 Å². The predicted octanol–water partition coefficient (Wildman–Crippen LogP) is 4.75. The Hall–Kier alpha value is -3.36. The summed E-state index contributed by atoms with van der Waals surface area (Å²) < 4.78 is 44.5. The first-order chi connectivity index (χ1) is 17.8. The second kappa shape index (κ2) is 13.8. The molecule has 0 fully saturated rings. The molecule has 0 saturated heterocycles. The average Bonchev–Trinajstić information content (AvgIpc) is 2.86. The fourth-order valence-corrected chi connectivity index (χ4v) is 4.34. The highest BCUT2D eigenvalue weighted by Crippen LogP contribution is 2.25. The molecule has 7 nitrogen and oxygen atoms in total. The van der Waals surface area contributed by atoms with Gasteiger partial charge in [0, 0.05) is 25.9 Å². The van der Waals surface area contributed by atoms with Crippen LogP contribution < -0.4 is 8.92 Å². The van der Waals surface area contributed by atoms with Crippen LogP contribution in [0.1, 0.15) is 36.1 Å². The standard InChI is InChI=1S/C29H34O7S/c1-4-33-28(29(30)34-5-2)21-24-13-16-27(25(20-24)19-23-9-7-6-8-10-23)35-18-17-22-11-14-26(15-12-22)36-37(3,31)32/h6-16,20,28H,4-5,17-19,21H2,1-3H3/t28-/m0/s1. The lowest BCUT2D eigenvalue weighted by atomic mass is 9.99. The Morgan fingerprint density at radius 3 is 2.22 bits per heavy atom. The van der Waals surface area contributed by atoms with E-state index in [0.29, 0.717) is 39.1 Å². The smallest absolute Gasteiger partial charge is 0.335 e. The van der Waals surface area contributed by atoms with E-state index in [4.69, 9.17) is 18.4 Å². The van der Waals surface area contributed by atoms with E-state index in [1.807, 2.05) is 49.4 Å². The van der Waals surface area contributed by atoms with Gasteiger partial charge in [0.25, 0.3) is 0 Å². The highest BCUT2D eigenvalue weighted by atomic mass is 32.2. The lowest BCUT2D eigenvalue weighted by Gasteiger charge is -2.18. The molecule has 0 amide bonds. The average molecular weight is 527 g/mol. The lowest BCUT2D eigenvalue weighted by molar-refractivity contribution is -0.156. The zero-order valence-corrected chi connectivity index (χ0v) is 22.3. The van der Waals surface area contributed by atoms with Crippen LogP contribution in [0.5, 0.6) is 11.5 Å². The molecule has 37 heavy (non-hydrogen) atoms. The van der Waals surface area contributed by atoms with Crippen molar-refractivity contribution in [3.8, 4) is 11.5 Å². The third-order valence-electron chi connectivity index (χ3n) is 5.52. The molecule has 0 spiro atoms. The molecule has 0 unspecified atom stereocenters. The van der Waals surface area contributed by atoms with Gasteiger partial charge >= 0.3 is 16.1 Å². The highest BCUT2D eigenvalue weighted by molar-refractivity contribution is 7.86. The molecule has 0 aliphatic heterocycles. The first-order valence-electron chi connectivity index (χ1n) is 12.3. The molecule has 3 rings (SSSR count). The maximum atomic E-state index is 12.3. The summed E-state index contributed by atoms with van der Waals surface area (Å²) in [5, 5.41) is 0. The van der Waals surface area contributed by atoms with Gasteiger partial charge in [-0.3, -0.25) is 0 Å². The van der Waals surface area contributed by atoms with Crippen molar-refractivity contribution in [1.29, 1.82) is 0 Å². The molecule has 198 valence electrons. The fourth-order valence-electron chi connectivity index (χ4n) is 3.88. The van der Waals surface area contributed by atoms with Crippen molar-refractivity contribution in [2.75, 3.05) is 26.1 Å². The lowest BCUT2D eigenvalue weighted by Crippen LogP contribution is -2.29. The molecule has 1 atom stereocenters. The Morgan fingerprint density at radius 2 is 1.57 bits per heavy atom. The summed E-state index contributed by atoms with van der Waals surface area (Å²) >= 11 is 0. The maximum absolute atomic E-state index is 12.3. The third-order valence-corrected chi connectivity index (χ3v) is 6.02. The van der Waals surface area contributed by atoms with Gasteiger partial charge in [-0.25, -0.2) is 4.79 Å². The molecule has 0 N–H and O–H groups in total. The van der Waals surface area contributed by atoms with Gasteiger partial charge in [0.1, 0.15) is 11.5 Å². The molecular formula is C29H34O7S. The SMILES string of the molecule is CCOC(=O)[C@H](Cc1ccc(OCCc2ccc(OS(C)(=O)=O)cc2)c(Cc2ccccc2)c1)OCC. The first-order valence-corrected chi connectivity index (χ1v) is 14.1. The van der Waals surface area contributed by atoms with Crippen LogP contribution in [-0.2, 0) is 43.6 Å². The Labute approximate surface area is 219 Å². The number of carbonyl (C=O) groups excluding carboxylic acids is 1. The monoisotopic (exact) mass is 526 g/mol. The summed E-state index contributed by atoms with van der Waals surface area (Å²) in [4.78, 5) is 12.3. The van der Waals surface area contributed by atoms with Gasteiger partial charge in [-0.05, 0) is 54.3 Å². The summed E-state index contributed by atoms with van der Waals surface area (Å²) in [6.07, 6.45) is 2.09. The fraction of sp³-hybridized carbons (Fsp3) is 0.345.